The second-order valence-electron chi connectivity index (χ2n) is 13.2. The van der Waals surface area contributed by atoms with E-state index < -0.39 is 0 Å². The first-order valence-corrected chi connectivity index (χ1v) is 16.7. The van der Waals surface area contributed by atoms with Gasteiger partial charge in [0.25, 0.3) is 5.91 Å². The summed E-state index contributed by atoms with van der Waals surface area (Å²) in [4.78, 5) is 47.2. The molecule has 3 aliphatic heterocycles. The first-order valence-electron chi connectivity index (χ1n) is 16.3. The SMILES string of the molecule is CC(=O)N1CCC(C(=O)N(CCCN2CC3CN(C(=O)c4cnn(-c5ccc(C)cc5)c4N)CC3C2)c2ccc(C)c(Cl)c2)CC1. The van der Waals surface area contributed by atoms with Crippen molar-refractivity contribution >= 4 is 40.8 Å². The quantitative estimate of drug-likeness (QED) is 0.389. The number of benzene rings is 2. The molecule has 3 saturated heterocycles. The largest absolute Gasteiger partial charge is 0.383 e. The number of rotatable bonds is 8. The van der Waals surface area contributed by atoms with Crippen LogP contribution in [-0.2, 0) is 9.59 Å². The highest BCUT2D eigenvalue weighted by molar-refractivity contribution is 6.31. The molecule has 0 saturated carbocycles. The smallest absolute Gasteiger partial charge is 0.259 e. The Balaban J connectivity index is 1.03. The highest BCUT2D eigenvalue weighted by atomic mass is 35.5. The van der Waals surface area contributed by atoms with Crippen molar-refractivity contribution in [1.82, 2.24) is 24.5 Å². The maximum atomic E-state index is 13.8. The molecule has 244 valence electrons. The fraction of sp³-hybridized carbons (Fsp3) is 0.486. The second kappa shape index (κ2) is 13.5. The summed E-state index contributed by atoms with van der Waals surface area (Å²) in [5.41, 5.74) is 10.6. The number of hydrogen-bond acceptors (Lipinski definition) is 6. The molecule has 2 atom stereocenters. The number of nitrogens with two attached hydrogens (primary N) is 1. The Hall–Kier alpha value is -3.89. The lowest BCUT2D eigenvalue weighted by atomic mass is 9.94. The molecule has 2 unspecified atom stereocenters. The van der Waals surface area contributed by atoms with Crippen molar-refractivity contribution in [3.8, 4) is 5.69 Å². The topological polar surface area (TPSA) is 108 Å². The van der Waals surface area contributed by atoms with E-state index in [-0.39, 0.29) is 23.6 Å². The van der Waals surface area contributed by atoms with Gasteiger partial charge >= 0.3 is 0 Å². The molecule has 1 aromatic heterocycles. The molecule has 3 aromatic rings. The lowest BCUT2D eigenvalue weighted by Crippen LogP contribution is -2.44. The molecule has 3 aliphatic rings. The number of carbonyl (C=O) groups is 3. The maximum absolute atomic E-state index is 13.8. The molecule has 10 nitrogen and oxygen atoms in total. The van der Waals surface area contributed by atoms with Crippen molar-refractivity contribution in [2.75, 3.05) is 63.0 Å². The Kier molecular flexibility index (Phi) is 9.38. The van der Waals surface area contributed by atoms with Crippen LogP contribution in [0.25, 0.3) is 5.69 Å². The van der Waals surface area contributed by atoms with Crippen LogP contribution in [0.15, 0.2) is 48.7 Å². The highest BCUT2D eigenvalue weighted by Gasteiger charge is 2.42. The normalized spacial score (nSPS) is 20.3. The standard InChI is InChI=1S/C35H44ClN7O3/c1-23-5-8-29(9-6-23)43-33(37)31(18-38-43)35(46)41-21-27-19-39(20-28(27)22-41)13-4-14-42(30-10-7-24(2)32(36)17-30)34(45)26-11-15-40(16-12-26)25(3)44/h5-10,17-18,26-28H,4,11-16,19-22,37H2,1-3H3. The van der Waals surface area contributed by atoms with Gasteiger partial charge in [0.05, 0.1) is 11.9 Å². The predicted molar refractivity (Wildman–Crippen MR) is 180 cm³/mol. The summed E-state index contributed by atoms with van der Waals surface area (Å²) in [6, 6.07) is 13.7. The molecule has 0 radical (unpaired) electrons. The first kappa shape index (κ1) is 32.1. The number of halogens is 1. The molecule has 0 aliphatic carbocycles. The third-order valence-corrected chi connectivity index (χ3v) is 10.5. The number of likely N-dealkylation sites (tertiary alicyclic amines) is 3. The van der Waals surface area contributed by atoms with E-state index in [1.165, 1.54) is 0 Å². The summed E-state index contributed by atoms with van der Waals surface area (Å²) in [6.45, 7) is 11.6. The van der Waals surface area contributed by atoms with Gasteiger partial charge in [0.2, 0.25) is 11.8 Å². The van der Waals surface area contributed by atoms with Gasteiger partial charge in [-0.1, -0.05) is 35.4 Å². The zero-order valence-corrected chi connectivity index (χ0v) is 27.7. The van der Waals surface area contributed by atoms with Crippen molar-refractivity contribution < 1.29 is 14.4 Å². The van der Waals surface area contributed by atoms with Crippen LogP contribution in [0, 0.1) is 31.6 Å². The van der Waals surface area contributed by atoms with E-state index >= 15 is 0 Å². The predicted octanol–water partition coefficient (Wildman–Crippen LogP) is 4.41. The van der Waals surface area contributed by atoms with Crippen molar-refractivity contribution in [1.29, 1.82) is 0 Å². The maximum Gasteiger partial charge on any atom is 0.259 e. The van der Waals surface area contributed by atoms with Crippen LogP contribution in [-0.4, -0.2) is 94.6 Å². The van der Waals surface area contributed by atoms with Gasteiger partial charge in [-0.3, -0.25) is 14.4 Å². The Morgan fingerprint density at radius 3 is 2.26 bits per heavy atom. The molecule has 11 heteroatoms. The molecule has 0 bridgehead atoms. The van der Waals surface area contributed by atoms with E-state index in [0.29, 0.717) is 73.8 Å². The zero-order valence-electron chi connectivity index (χ0n) is 27.0. The number of anilines is 2. The van der Waals surface area contributed by atoms with Gasteiger partial charge in [-0.15, -0.1) is 0 Å². The fourth-order valence-corrected chi connectivity index (χ4v) is 7.43. The molecule has 6 rings (SSSR count). The molecular formula is C35H44ClN7O3. The summed E-state index contributed by atoms with van der Waals surface area (Å²) in [6.07, 6.45) is 3.77. The molecular weight excluding hydrogens is 602 g/mol. The number of nitrogens with zero attached hydrogens (tertiary/aromatic N) is 6. The number of piperidine rings is 1. The number of nitrogen functional groups attached to an aromatic ring is 1. The second-order valence-corrected chi connectivity index (χ2v) is 13.6. The summed E-state index contributed by atoms with van der Waals surface area (Å²) < 4.78 is 1.62. The number of aryl methyl sites for hydroxylation is 2. The van der Waals surface area contributed by atoms with Gasteiger partial charge < -0.3 is 25.3 Å². The van der Waals surface area contributed by atoms with Crippen LogP contribution < -0.4 is 10.6 Å². The molecule has 46 heavy (non-hydrogen) atoms. The van der Waals surface area contributed by atoms with Crippen LogP contribution in [0.5, 0.6) is 0 Å². The lowest BCUT2D eigenvalue weighted by Gasteiger charge is -2.34. The zero-order chi connectivity index (χ0) is 32.5. The Morgan fingerprint density at radius 2 is 1.63 bits per heavy atom. The average Bonchev–Trinajstić information content (AvgIpc) is 3.74. The minimum Gasteiger partial charge on any atom is -0.383 e. The Bertz CT molecular complexity index is 1580. The van der Waals surface area contributed by atoms with Gasteiger partial charge in [-0.2, -0.15) is 5.10 Å². The molecule has 4 heterocycles. The summed E-state index contributed by atoms with van der Waals surface area (Å²) in [7, 11) is 0. The lowest BCUT2D eigenvalue weighted by molar-refractivity contribution is -0.133. The third kappa shape index (κ3) is 6.64. The molecule has 2 N–H and O–H groups in total. The first-order chi connectivity index (χ1) is 22.1. The van der Waals surface area contributed by atoms with Crippen LogP contribution in [0.4, 0.5) is 11.5 Å². The molecule has 3 fully saturated rings. The highest BCUT2D eigenvalue weighted by Crippen LogP contribution is 2.33. The minimum absolute atomic E-state index is 0.0585. The van der Waals surface area contributed by atoms with Crippen molar-refractivity contribution in [2.45, 2.75) is 40.0 Å². The van der Waals surface area contributed by atoms with E-state index in [2.05, 4.69) is 10.00 Å². The third-order valence-electron chi connectivity index (χ3n) is 10.0. The van der Waals surface area contributed by atoms with Gasteiger partial charge in [-0.05, 0) is 81.3 Å². The molecule has 2 aromatic carbocycles. The molecule has 0 spiro atoms. The number of aromatic nitrogens is 2. The van der Waals surface area contributed by atoms with Gasteiger partial charge in [0.1, 0.15) is 11.4 Å². The summed E-state index contributed by atoms with van der Waals surface area (Å²) in [5.74, 6) is 1.20. The van der Waals surface area contributed by atoms with Crippen molar-refractivity contribution in [2.24, 2.45) is 17.8 Å². The van der Waals surface area contributed by atoms with Crippen LogP contribution in [0.2, 0.25) is 5.02 Å². The number of carbonyl (C=O) groups excluding carboxylic acids is 3. The average molecular weight is 646 g/mol. The monoisotopic (exact) mass is 645 g/mol. The molecule has 3 amide bonds. The number of fused-ring (bicyclic) bond motifs is 1. The van der Waals surface area contributed by atoms with Gasteiger partial charge in [0, 0.05) is 69.4 Å². The minimum atomic E-state index is -0.108. The van der Waals surface area contributed by atoms with Crippen LogP contribution in [0.3, 0.4) is 0 Å². The van der Waals surface area contributed by atoms with E-state index in [4.69, 9.17) is 17.3 Å². The fourth-order valence-electron chi connectivity index (χ4n) is 7.25. The van der Waals surface area contributed by atoms with Gasteiger partial charge in [-0.25, -0.2) is 4.68 Å². The van der Waals surface area contributed by atoms with Crippen molar-refractivity contribution in [3.63, 3.8) is 0 Å². The van der Waals surface area contributed by atoms with Gasteiger partial charge in [0.15, 0.2) is 0 Å². The van der Waals surface area contributed by atoms with Crippen LogP contribution in [0.1, 0.15) is 47.7 Å². The Morgan fingerprint density at radius 1 is 0.957 bits per heavy atom. The Labute approximate surface area is 276 Å². The van der Waals surface area contributed by atoms with E-state index in [1.807, 2.05) is 71.0 Å². The summed E-state index contributed by atoms with van der Waals surface area (Å²) in [5, 5.41) is 5.06. The van der Waals surface area contributed by atoms with E-state index in [0.717, 1.165) is 48.6 Å². The van der Waals surface area contributed by atoms with Crippen LogP contribution >= 0.6 is 11.6 Å². The summed E-state index contributed by atoms with van der Waals surface area (Å²) >= 11 is 6.48. The number of amides is 3. The number of hydrogen-bond donors (Lipinski definition) is 1. The van der Waals surface area contributed by atoms with E-state index in [1.54, 1.807) is 17.8 Å². The van der Waals surface area contributed by atoms with E-state index in [9.17, 15) is 14.4 Å². The van der Waals surface area contributed by atoms with Crippen molar-refractivity contribution in [3.05, 3.63) is 70.4 Å².